The Morgan fingerprint density at radius 3 is 2.11 bits per heavy atom. The van der Waals surface area contributed by atoms with Gasteiger partial charge in [0.05, 0.1) is 11.6 Å². The summed E-state index contributed by atoms with van der Waals surface area (Å²) in [7, 11) is 0. The predicted octanol–water partition coefficient (Wildman–Crippen LogP) is 2.97. The van der Waals surface area contributed by atoms with E-state index in [9.17, 15) is 0 Å². The van der Waals surface area contributed by atoms with Gasteiger partial charge in [-0.25, -0.2) is 9.97 Å². The normalized spacial score (nSPS) is 17.7. The summed E-state index contributed by atoms with van der Waals surface area (Å²) in [5.74, 6) is 2.95. The minimum atomic E-state index is 0.715. The highest BCUT2D eigenvalue weighted by Gasteiger charge is 2.21. The average Bonchev–Trinajstić information content (AvgIpc) is 2.74. The molecule has 0 unspecified atom stereocenters. The number of aromatic nitrogens is 2. The van der Waals surface area contributed by atoms with Crippen molar-refractivity contribution in [1.82, 2.24) is 9.97 Å². The van der Waals surface area contributed by atoms with Crippen molar-refractivity contribution in [3.8, 4) is 6.07 Å². The third kappa shape index (κ3) is 3.97. The lowest BCUT2D eigenvalue weighted by Crippen LogP contribution is -2.47. The zero-order chi connectivity index (χ0) is 18.6. The molecule has 27 heavy (non-hydrogen) atoms. The fourth-order valence-electron chi connectivity index (χ4n) is 3.95. The number of benzene rings is 1. The van der Waals surface area contributed by atoms with Gasteiger partial charge in [-0.05, 0) is 44.4 Å². The predicted molar refractivity (Wildman–Crippen MR) is 108 cm³/mol. The van der Waals surface area contributed by atoms with Crippen molar-refractivity contribution in [2.24, 2.45) is 0 Å². The molecule has 2 saturated heterocycles. The quantitative estimate of drug-likeness (QED) is 0.837. The molecule has 3 heterocycles. The van der Waals surface area contributed by atoms with Gasteiger partial charge in [-0.2, -0.15) is 5.26 Å². The topological polar surface area (TPSA) is 59.3 Å². The molecule has 0 aliphatic carbocycles. The molecular formula is C21H26N6. The monoisotopic (exact) mass is 362 g/mol. The van der Waals surface area contributed by atoms with Gasteiger partial charge < -0.3 is 14.7 Å². The molecule has 1 aromatic heterocycles. The van der Waals surface area contributed by atoms with Crippen LogP contribution in [0, 0.1) is 18.3 Å². The van der Waals surface area contributed by atoms with Crippen LogP contribution in [0.25, 0.3) is 0 Å². The molecule has 1 aromatic carbocycles. The first-order valence-electron chi connectivity index (χ1n) is 9.83. The van der Waals surface area contributed by atoms with E-state index in [0.29, 0.717) is 5.56 Å². The first-order valence-corrected chi connectivity index (χ1v) is 9.83. The number of piperazine rings is 1. The Bertz CT molecular complexity index is 829. The molecule has 6 nitrogen and oxygen atoms in total. The summed E-state index contributed by atoms with van der Waals surface area (Å²) < 4.78 is 0. The van der Waals surface area contributed by atoms with Crippen molar-refractivity contribution in [2.75, 3.05) is 54.0 Å². The van der Waals surface area contributed by atoms with Crippen molar-refractivity contribution in [1.29, 1.82) is 5.26 Å². The molecule has 2 aromatic rings. The maximum Gasteiger partial charge on any atom is 0.134 e. The molecular weight excluding hydrogens is 336 g/mol. The van der Waals surface area contributed by atoms with E-state index in [1.54, 1.807) is 0 Å². The Kier molecular flexibility index (Phi) is 5.10. The number of aryl methyl sites for hydroxylation is 1. The molecule has 0 radical (unpaired) electrons. The van der Waals surface area contributed by atoms with Crippen LogP contribution < -0.4 is 14.7 Å². The summed E-state index contributed by atoms with van der Waals surface area (Å²) in [6, 6.07) is 12.2. The van der Waals surface area contributed by atoms with E-state index in [1.165, 1.54) is 19.3 Å². The van der Waals surface area contributed by atoms with Crippen molar-refractivity contribution < 1.29 is 0 Å². The second kappa shape index (κ2) is 7.83. The van der Waals surface area contributed by atoms with Crippen molar-refractivity contribution in [3.63, 3.8) is 0 Å². The molecule has 140 valence electrons. The van der Waals surface area contributed by atoms with Crippen LogP contribution in [0.3, 0.4) is 0 Å². The van der Waals surface area contributed by atoms with Gasteiger partial charge in [0, 0.05) is 51.0 Å². The maximum atomic E-state index is 9.12. The molecule has 2 aliphatic heterocycles. The molecule has 0 bridgehead atoms. The molecule has 6 heteroatoms. The standard InChI is InChI=1S/C21H26N6/c1-17-23-20(26-8-3-2-4-9-26)15-21(24-17)27-12-10-25(11-13-27)19-7-5-6-18(14-19)16-22/h5-7,14-15H,2-4,8-13H2,1H3. The SMILES string of the molecule is Cc1nc(N2CCCCC2)cc(N2CCN(c3cccc(C#N)c3)CC2)n1. The average molecular weight is 362 g/mol. The van der Waals surface area contributed by atoms with E-state index in [4.69, 9.17) is 10.2 Å². The molecule has 0 spiro atoms. The van der Waals surface area contributed by atoms with Gasteiger partial charge in [-0.3, -0.25) is 0 Å². The van der Waals surface area contributed by atoms with Gasteiger partial charge in [-0.1, -0.05) is 6.07 Å². The van der Waals surface area contributed by atoms with Gasteiger partial charge in [0.25, 0.3) is 0 Å². The summed E-state index contributed by atoms with van der Waals surface area (Å²) >= 11 is 0. The van der Waals surface area contributed by atoms with Crippen LogP contribution in [-0.4, -0.2) is 49.2 Å². The third-order valence-corrected chi connectivity index (χ3v) is 5.44. The molecule has 2 fully saturated rings. The number of anilines is 3. The smallest absolute Gasteiger partial charge is 0.134 e. The summed E-state index contributed by atoms with van der Waals surface area (Å²) in [6.07, 6.45) is 3.82. The van der Waals surface area contributed by atoms with Crippen LogP contribution in [0.4, 0.5) is 17.3 Å². The fourth-order valence-corrected chi connectivity index (χ4v) is 3.95. The van der Waals surface area contributed by atoms with Gasteiger partial charge in [-0.15, -0.1) is 0 Å². The lowest BCUT2D eigenvalue weighted by atomic mass is 10.1. The fraction of sp³-hybridized carbons (Fsp3) is 0.476. The Morgan fingerprint density at radius 2 is 1.44 bits per heavy atom. The van der Waals surface area contributed by atoms with E-state index in [-0.39, 0.29) is 0 Å². The number of hydrogen-bond acceptors (Lipinski definition) is 6. The lowest BCUT2D eigenvalue weighted by molar-refractivity contribution is 0.572. The highest BCUT2D eigenvalue weighted by molar-refractivity contribution is 5.55. The first-order chi connectivity index (χ1) is 13.2. The second-order valence-corrected chi connectivity index (χ2v) is 7.32. The molecule has 2 aliphatic rings. The largest absolute Gasteiger partial charge is 0.368 e. The molecule has 0 saturated carbocycles. The summed E-state index contributed by atoms with van der Waals surface area (Å²) in [5.41, 5.74) is 1.84. The Hall–Kier alpha value is -2.81. The van der Waals surface area contributed by atoms with Crippen molar-refractivity contribution in [2.45, 2.75) is 26.2 Å². The number of rotatable bonds is 3. The molecule has 4 rings (SSSR count). The van der Waals surface area contributed by atoms with Crippen LogP contribution in [0.1, 0.15) is 30.7 Å². The van der Waals surface area contributed by atoms with Crippen LogP contribution in [-0.2, 0) is 0 Å². The van der Waals surface area contributed by atoms with E-state index < -0.39 is 0 Å². The zero-order valence-corrected chi connectivity index (χ0v) is 15.9. The number of nitriles is 1. The Morgan fingerprint density at radius 1 is 0.815 bits per heavy atom. The lowest BCUT2D eigenvalue weighted by Gasteiger charge is -2.37. The van der Waals surface area contributed by atoms with Crippen LogP contribution in [0.5, 0.6) is 0 Å². The van der Waals surface area contributed by atoms with Crippen LogP contribution >= 0.6 is 0 Å². The van der Waals surface area contributed by atoms with Gasteiger partial charge >= 0.3 is 0 Å². The Balaban J connectivity index is 1.46. The van der Waals surface area contributed by atoms with Crippen molar-refractivity contribution >= 4 is 17.3 Å². The van der Waals surface area contributed by atoms with E-state index in [0.717, 1.165) is 62.4 Å². The van der Waals surface area contributed by atoms with Crippen LogP contribution in [0.2, 0.25) is 0 Å². The van der Waals surface area contributed by atoms with Crippen LogP contribution in [0.15, 0.2) is 30.3 Å². The molecule has 0 N–H and O–H groups in total. The third-order valence-electron chi connectivity index (χ3n) is 5.44. The van der Waals surface area contributed by atoms with Crippen molar-refractivity contribution in [3.05, 3.63) is 41.7 Å². The van der Waals surface area contributed by atoms with Gasteiger partial charge in [0.2, 0.25) is 0 Å². The van der Waals surface area contributed by atoms with Gasteiger partial charge in [0.1, 0.15) is 17.5 Å². The van der Waals surface area contributed by atoms with E-state index in [2.05, 4.69) is 37.9 Å². The highest BCUT2D eigenvalue weighted by Crippen LogP contribution is 2.24. The molecule has 0 amide bonds. The van der Waals surface area contributed by atoms with E-state index in [1.807, 2.05) is 25.1 Å². The first kappa shape index (κ1) is 17.6. The number of nitrogens with zero attached hydrogens (tertiary/aromatic N) is 6. The Labute approximate surface area is 161 Å². The minimum Gasteiger partial charge on any atom is -0.368 e. The van der Waals surface area contributed by atoms with Gasteiger partial charge in [0.15, 0.2) is 0 Å². The highest BCUT2D eigenvalue weighted by atomic mass is 15.3. The summed E-state index contributed by atoms with van der Waals surface area (Å²) in [5, 5.41) is 9.12. The maximum absolute atomic E-state index is 9.12. The number of hydrogen-bond donors (Lipinski definition) is 0. The second-order valence-electron chi connectivity index (χ2n) is 7.32. The summed E-state index contributed by atoms with van der Waals surface area (Å²) in [6.45, 7) is 7.88. The minimum absolute atomic E-state index is 0.715. The zero-order valence-electron chi connectivity index (χ0n) is 15.9. The molecule has 0 atom stereocenters. The summed E-state index contributed by atoms with van der Waals surface area (Å²) in [4.78, 5) is 16.5. The van der Waals surface area contributed by atoms with E-state index >= 15 is 0 Å². The number of piperidine rings is 1.